The summed E-state index contributed by atoms with van der Waals surface area (Å²) in [6, 6.07) is 13.6. The molecule has 1 aliphatic heterocycles. The van der Waals surface area contributed by atoms with Crippen molar-refractivity contribution in [3.63, 3.8) is 0 Å². The minimum absolute atomic E-state index is 0.0639. The first-order valence-electron chi connectivity index (χ1n) is 6.89. The van der Waals surface area contributed by atoms with Gasteiger partial charge in [-0.15, -0.1) is 0 Å². The minimum Gasteiger partial charge on any atom is -0.493 e. The van der Waals surface area contributed by atoms with Gasteiger partial charge in [0.25, 0.3) is 0 Å². The van der Waals surface area contributed by atoms with E-state index in [2.05, 4.69) is 0 Å². The zero-order valence-corrected chi connectivity index (χ0v) is 12.3. The van der Waals surface area contributed by atoms with Gasteiger partial charge >= 0.3 is 5.97 Å². The normalized spacial score (nSPS) is 15.4. The fourth-order valence-electron chi connectivity index (χ4n) is 2.13. The minimum atomic E-state index is -0.870. The fourth-order valence-corrected chi connectivity index (χ4v) is 2.13. The Morgan fingerprint density at radius 3 is 2.74 bits per heavy atom. The number of carbonyl (C=O) groups excluding carboxylic acids is 1. The number of ether oxygens (including phenoxy) is 4. The number of fused-ring (bicyclic) bond motifs is 1. The number of carbonyl (C=O) groups is 1. The zero-order chi connectivity index (χ0) is 16.2. The number of nitriles is 1. The Kier molecular flexibility index (Phi) is 4.02. The molecule has 0 bridgehead atoms. The molecule has 2 aromatic rings. The second-order valence-electron chi connectivity index (χ2n) is 4.76. The summed E-state index contributed by atoms with van der Waals surface area (Å²) in [4.78, 5) is 12.3. The molecule has 116 valence electrons. The molecule has 0 fully saturated rings. The maximum atomic E-state index is 12.3. The molecule has 1 heterocycles. The number of benzene rings is 2. The number of hydrogen-bond donors (Lipinski definition) is 0. The summed E-state index contributed by atoms with van der Waals surface area (Å²) in [6.07, 6.45) is -0.870. The Morgan fingerprint density at radius 1 is 1.22 bits per heavy atom. The lowest BCUT2D eigenvalue weighted by atomic mass is 10.2. The molecule has 0 aliphatic carbocycles. The second kappa shape index (κ2) is 6.28. The van der Waals surface area contributed by atoms with Crippen LogP contribution in [0.2, 0.25) is 0 Å². The van der Waals surface area contributed by atoms with Gasteiger partial charge in [0.2, 0.25) is 6.10 Å². The SMILES string of the molecule is COc1cc(C#N)ccc1OC(=O)[C@@H]1COc2ccccc2O1. The highest BCUT2D eigenvalue weighted by atomic mass is 16.6. The maximum absolute atomic E-state index is 12.3. The van der Waals surface area contributed by atoms with Crippen LogP contribution in [0.25, 0.3) is 0 Å². The van der Waals surface area contributed by atoms with Crippen molar-refractivity contribution in [1.82, 2.24) is 0 Å². The number of hydrogen-bond acceptors (Lipinski definition) is 6. The molecule has 2 aromatic carbocycles. The monoisotopic (exact) mass is 311 g/mol. The van der Waals surface area contributed by atoms with E-state index in [-0.39, 0.29) is 12.4 Å². The Morgan fingerprint density at radius 2 is 2.00 bits per heavy atom. The summed E-state index contributed by atoms with van der Waals surface area (Å²) >= 11 is 0. The Balaban J connectivity index is 1.74. The summed E-state index contributed by atoms with van der Waals surface area (Å²) in [5.41, 5.74) is 0.410. The van der Waals surface area contributed by atoms with Crippen LogP contribution in [0, 0.1) is 11.3 Å². The van der Waals surface area contributed by atoms with E-state index in [9.17, 15) is 4.79 Å². The highest BCUT2D eigenvalue weighted by Gasteiger charge is 2.29. The van der Waals surface area contributed by atoms with E-state index in [1.54, 1.807) is 24.3 Å². The molecule has 6 nitrogen and oxygen atoms in total. The second-order valence-corrected chi connectivity index (χ2v) is 4.76. The molecule has 0 saturated carbocycles. The predicted molar refractivity (Wildman–Crippen MR) is 79.7 cm³/mol. The number of nitrogens with zero attached hydrogens (tertiary/aromatic N) is 1. The molecule has 6 heteroatoms. The molecule has 0 saturated heterocycles. The molecule has 1 atom stereocenters. The van der Waals surface area contributed by atoms with E-state index in [0.717, 1.165) is 0 Å². The van der Waals surface area contributed by atoms with Crippen LogP contribution in [0.15, 0.2) is 42.5 Å². The molecular weight excluding hydrogens is 298 g/mol. The fraction of sp³-hybridized carbons (Fsp3) is 0.176. The van der Waals surface area contributed by atoms with Gasteiger partial charge in [-0.25, -0.2) is 4.79 Å². The van der Waals surface area contributed by atoms with E-state index >= 15 is 0 Å². The van der Waals surface area contributed by atoms with E-state index in [1.165, 1.54) is 19.2 Å². The summed E-state index contributed by atoms with van der Waals surface area (Å²) in [7, 11) is 1.43. The van der Waals surface area contributed by atoms with Crippen molar-refractivity contribution in [2.75, 3.05) is 13.7 Å². The summed E-state index contributed by atoms with van der Waals surface area (Å²) in [5, 5.41) is 8.88. The van der Waals surface area contributed by atoms with Crippen molar-refractivity contribution in [1.29, 1.82) is 5.26 Å². The standard InChI is InChI=1S/C17H13NO5/c1-20-15-8-11(9-18)6-7-14(15)23-17(19)16-10-21-12-4-2-3-5-13(12)22-16/h2-8,16H,10H2,1H3/t16-/m0/s1. The molecule has 0 unspecified atom stereocenters. The topological polar surface area (TPSA) is 77.8 Å². The van der Waals surface area contributed by atoms with Gasteiger partial charge in [0, 0.05) is 6.07 Å². The van der Waals surface area contributed by atoms with Gasteiger partial charge in [-0.05, 0) is 24.3 Å². The molecule has 0 N–H and O–H groups in total. The van der Waals surface area contributed by atoms with Crippen molar-refractivity contribution >= 4 is 5.97 Å². The first-order chi connectivity index (χ1) is 11.2. The van der Waals surface area contributed by atoms with E-state index in [1.807, 2.05) is 12.1 Å². The highest BCUT2D eigenvalue weighted by molar-refractivity contribution is 5.79. The van der Waals surface area contributed by atoms with Gasteiger partial charge in [-0.2, -0.15) is 5.26 Å². The lowest BCUT2D eigenvalue weighted by Gasteiger charge is -2.25. The molecule has 0 aromatic heterocycles. The van der Waals surface area contributed by atoms with Gasteiger partial charge in [0.15, 0.2) is 23.0 Å². The average Bonchev–Trinajstić information content (AvgIpc) is 2.61. The third-order valence-electron chi connectivity index (χ3n) is 3.27. The number of methoxy groups -OCH3 is 1. The van der Waals surface area contributed by atoms with Crippen molar-refractivity contribution in [2.24, 2.45) is 0 Å². The van der Waals surface area contributed by atoms with Crippen LogP contribution in [0.1, 0.15) is 5.56 Å². The zero-order valence-electron chi connectivity index (χ0n) is 12.3. The average molecular weight is 311 g/mol. The van der Waals surface area contributed by atoms with Crippen LogP contribution in [0.4, 0.5) is 0 Å². The van der Waals surface area contributed by atoms with Crippen LogP contribution >= 0.6 is 0 Å². The van der Waals surface area contributed by atoms with Gasteiger partial charge in [-0.3, -0.25) is 0 Å². The van der Waals surface area contributed by atoms with Gasteiger partial charge in [0.1, 0.15) is 6.61 Å². The molecule has 23 heavy (non-hydrogen) atoms. The van der Waals surface area contributed by atoms with Crippen LogP contribution in [-0.2, 0) is 4.79 Å². The Labute approximate surface area is 132 Å². The summed E-state index contributed by atoms with van der Waals surface area (Å²) in [6.45, 7) is 0.0639. The van der Waals surface area contributed by atoms with Gasteiger partial charge in [-0.1, -0.05) is 12.1 Å². The quantitative estimate of drug-likeness (QED) is 0.639. The molecule has 3 rings (SSSR count). The van der Waals surface area contributed by atoms with Gasteiger partial charge in [0.05, 0.1) is 18.7 Å². The number of para-hydroxylation sites is 2. The molecule has 0 spiro atoms. The van der Waals surface area contributed by atoms with Crippen molar-refractivity contribution in [2.45, 2.75) is 6.10 Å². The Bertz CT molecular complexity index is 781. The number of esters is 1. The molecule has 0 radical (unpaired) electrons. The third-order valence-corrected chi connectivity index (χ3v) is 3.27. The summed E-state index contributed by atoms with van der Waals surface area (Å²) < 4.78 is 21.5. The highest BCUT2D eigenvalue weighted by Crippen LogP contribution is 2.32. The first kappa shape index (κ1) is 14.7. The van der Waals surface area contributed by atoms with E-state index in [0.29, 0.717) is 22.8 Å². The van der Waals surface area contributed by atoms with Crippen LogP contribution in [-0.4, -0.2) is 25.8 Å². The van der Waals surface area contributed by atoms with Crippen molar-refractivity contribution < 1.29 is 23.7 Å². The number of rotatable bonds is 3. The lowest BCUT2D eigenvalue weighted by molar-refractivity contribution is -0.144. The first-order valence-corrected chi connectivity index (χ1v) is 6.89. The largest absolute Gasteiger partial charge is 0.493 e. The Hall–Kier alpha value is -3.20. The lowest BCUT2D eigenvalue weighted by Crippen LogP contribution is -2.39. The van der Waals surface area contributed by atoms with Gasteiger partial charge < -0.3 is 18.9 Å². The van der Waals surface area contributed by atoms with Crippen LogP contribution in [0.5, 0.6) is 23.0 Å². The van der Waals surface area contributed by atoms with Crippen LogP contribution < -0.4 is 18.9 Å². The van der Waals surface area contributed by atoms with Crippen molar-refractivity contribution in [3.05, 3.63) is 48.0 Å². The molecular formula is C17H13NO5. The van der Waals surface area contributed by atoms with Crippen LogP contribution in [0.3, 0.4) is 0 Å². The van der Waals surface area contributed by atoms with E-state index in [4.69, 9.17) is 24.2 Å². The smallest absolute Gasteiger partial charge is 0.356 e. The summed E-state index contributed by atoms with van der Waals surface area (Å²) in [5.74, 6) is 1.01. The van der Waals surface area contributed by atoms with Crippen molar-refractivity contribution in [3.8, 4) is 29.1 Å². The molecule has 0 amide bonds. The maximum Gasteiger partial charge on any atom is 0.356 e. The third kappa shape index (κ3) is 3.04. The van der Waals surface area contributed by atoms with E-state index < -0.39 is 12.1 Å². The molecule has 1 aliphatic rings. The predicted octanol–water partition coefficient (Wildman–Crippen LogP) is 2.31.